The summed E-state index contributed by atoms with van der Waals surface area (Å²) in [6.07, 6.45) is 0.478. The highest BCUT2D eigenvalue weighted by Crippen LogP contribution is 2.30. The number of rotatable bonds is 5. The fourth-order valence-corrected chi connectivity index (χ4v) is 3.64. The first kappa shape index (κ1) is 19.6. The smallest absolute Gasteiger partial charge is 0.265 e. The number of carbonyl (C=O) groups is 2. The van der Waals surface area contributed by atoms with Crippen molar-refractivity contribution in [3.05, 3.63) is 23.8 Å². The van der Waals surface area contributed by atoms with Gasteiger partial charge in [-0.25, -0.2) is 8.42 Å². The first-order valence-electron chi connectivity index (χ1n) is 8.75. The lowest BCUT2D eigenvalue weighted by Crippen LogP contribution is -2.49. The number of benzene rings is 1. The van der Waals surface area contributed by atoms with Crippen LogP contribution in [0.15, 0.2) is 18.2 Å². The molecule has 9 nitrogen and oxygen atoms in total. The number of nitrogens with one attached hydrogen (secondary N) is 2. The lowest BCUT2D eigenvalue weighted by molar-refractivity contribution is -0.123. The third-order valence-corrected chi connectivity index (χ3v) is 5.11. The second-order valence-electron chi connectivity index (χ2n) is 6.93. The summed E-state index contributed by atoms with van der Waals surface area (Å²) in [5, 5.41) is 2.85. The van der Waals surface area contributed by atoms with Crippen molar-refractivity contribution in [1.29, 1.82) is 0 Å². The van der Waals surface area contributed by atoms with Crippen LogP contribution in [0.5, 0.6) is 5.75 Å². The Kier molecular flexibility index (Phi) is 5.68. The molecule has 10 heteroatoms. The highest BCUT2D eigenvalue weighted by molar-refractivity contribution is 7.89. The maximum Gasteiger partial charge on any atom is 0.265 e. The van der Waals surface area contributed by atoms with Gasteiger partial charge in [0.05, 0.1) is 18.5 Å². The fraction of sp³-hybridized carbons (Fsp3) is 0.529. The van der Waals surface area contributed by atoms with Gasteiger partial charge in [0.1, 0.15) is 5.75 Å². The van der Waals surface area contributed by atoms with Crippen molar-refractivity contribution in [2.24, 2.45) is 0 Å². The van der Waals surface area contributed by atoms with Crippen LogP contribution in [0.4, 0.5) is 5.69 Å². The number of hydrogen-bond donors (Lipinski definition) is 2. The van der Waals surface area contributed by atoms with Crippen LogP contribution in [0.1, 0.15) is 12.5 Å². The van der Waals surface area contributed by atoms with E-state index < -0.39 is 22.0 Å². The molecule has 1 saturated heterocycles. The number of fused-ring (bicyclic) bond motifs is 1. The van der Waals surface area contributed by atoms with Crippen LogP contribution in [-0.4, -0.2) is 75.1 Å². The molecule has 2 amide bonds. The summed E-state index contributed by atoms with van der Waals surface area (Å²) in [5.41, 5.74) is 1.75. The lowest BCUT2D eigenvalue weighted by atomic mass is 10.1. The van der Waals surface area contributed by atoms with Crippen LogP contribution in [0.2, 0.25) is 0 Å². The summed E-state index contributed by atoms with van der Waals surface area (Å²) >= 11 is 0. The van der Waals surface area contributed by atoms with Crippen LogP contribution in [0.3, 0.4) is 0 Å². The van der Waals surface area contributed by atoms with Gasteiger partial charge < -0.3 is 10.1 Å². The fourth-order valence-electron chi connectivity index (χ4n) is 3.16. The van der Waals surface area contributed by atoms with Gasteiger partial charge in [0.25, 0.3) is 5.91 Å². The van der Waals surface area contributed by atoms with Crippen molar-refractivity contribution < 1.29 is 22.7 Å². The number of carbonyl (C=O) groups excluding carboxylic acids is 2. The molecule has 0 aromatic heterocycles. The minimum Gasteiger partial charge on any atom is -0.479 e. The molecular formula is C17H24N4O5S. The predicted molar refractivity (Wildman–Crippen MR) is 99.9 cm³/mol. The summed E-state index contributed by atoms with van der Waals surface area (Å²) < 4.78 is 29.7. The molecule has 1 aromatic carbocycles. The normalized spacial score (nSPS) is 21.1. The Morgan fingerprint density at radius 2 is 1.93 bits per heavy atom. The maximum absolute atomic E-state index is 11.7. The van der Waals surface area contributed by atoms with Crippen molar-refractivity contribution >= 4 is 27.5 Å². The highest BCUT2D eigenvalue weighted by atomic mass is 32.2. The van der Waals surface area contributed by atoms with Gasteiger partial charge in [-0.2, -0.15) is 0 Å². The Morgan fingerprint density at radius 1 is 1.26 bits per heavy atom. The Balaban J connectivity index is 1.50. The minimum atomic E-state index is -3.52. The number of anilines is 1. The largest absolute Gasteiger partial charge is 0.479 e. The van der Waals surface area contributed by atoms with E-state index in [2.05, 4.69) is 10.2 Å². The molecule has 0 spiro atoms. The molecule has 2 heterocycles. The van der Waals surface area contributed by atoms with E-state index in [1.807, 2.05) is 27.8 Å². The van der Waals surface area contributed by atoms with E-state index in [-0.39, 0.29) is 12.5 Å². The van der Waals surface area contributed by atoms with Crippen LogP contribution in [0.25, 0.3) is 0 Å². The van der Waals surface area contributed by atoms with Crippen molar-refractivity contribution in [3.8, 4) is 5.75 Å². The number of hydrogen-bond acceptors (Lipinski definition) is 7. The van der Waals surface area contributed by atoms with Crippen molar-refractivity contribution in [2.45, 2.75) is 19.6 Å². The zero-order chi connectivity index (χ0) is 19.6. The SMILES string of the molecule is CC1Oc2ccc(CN3CCN(CC(=O)NS(C)(=O)=O)CC3)cc2NC1=O. The average molecular weight is 396 g/mol. The number of sulfonamides is 1. The molecule has 0 saturated carbocycles. The van der Waals surface area contributed by atoms with Gasteiger partial charge in [-0.1, -0.05) is 6.07 Å². The molecule has 3 rings (SSSR count). The first-order valence-corrected chi connectivity index (χ1v) is 10.6. The van der Waals surface area contributed by atoms with Crippen LogP contribution < -0.4 is 14.8 Å². The topological polar surface area (TPSA) is 108 Å². The van der Waals surface area contributed by atoms with E-state index >= 15 is 0 Å². The van der Waals surface area contributed by atoms with Crippen LogP contribution in [0, 0.1) is 0 Å². The lowest BCUT2D eigenvalue weighted by Gasteiger charge is -2.34. The van der Waals surface area contributed by atoms with Crippen LogP contribution >= 0.6 is 0 Å². The molecule has 2 N–H and O–H groups in total. The van der Waals surface area contributed by atoms with Crippen molar-refractivity contribution in [1.82, 2.24) is 14.5 Å². The second kappa shape index (κ2) is 7.83. The Bertz CT molecular complexity index is 834. The predicted octanol–water partition coefficient (Wildman–Crippen LogP) is -0.401. The molecule has 1 atom stereocenters. The number of ether oxygens (including phenoxy) is 1. The molecule has 2 aliphatic rings. The Hall–Kier alpha value is -2.17. The molecule has 1 fully saturated rings. The van der Waals surface area contributed by atoms with Gasteiger partial charge in [0, 0.05) is 32.7 Å². The second-order valence-corrected chi connectivity index (χ2v) is 8.68. The van der Waals surface area contributed by atoms with Crippen molar-refractivity contribution in [2.75, 3.05) is 44.3 Å². The summed E-state index contributed by atoms with van der Waals surface area (Å²) in [6, 6.07) is 5.77. The van der Waals surface area contributed by atoms with Gasteiger partial charge in [-0.15, -0.1) is 0 Å². The van der Waals surface area contributed by atoms with E-state index in [1.165, 1.54) is 0 Å². The van der Waals surface area contributed by atoms with E-state index in [1.54, 1.807) is 6.92 Å². The average Bonchev–Trinajstić information content (AvgIpc) is 2.56. The van der Waals surface area contributed by atoms with Crippen LogP contribution in [-0.2, 0) is 26.2 Å². The zero-order valence-corrected chi connectivity index (χ0v) is 16.2. The quantitative estimate of drug-likeness (QED) is 0.697. The van der Waals surface area contributed by atoms with Gasteiger partial charge in [0.2, 0.25) is 15.9 Å². The monoisotopic (exact) mass is 396 g/mol. The maximum atomic E-state index is 11.7. The summed E-state index contributed by atoms with van der Waals surface area (Å²) in [6.45, 7) is 5.40. The Morgan fingerprint density at radius 3 is 2.59 bits per heavy atom. The van der Waals surface area contributed by atoms with Gasteiger partial charge in [0.15, 0.2) is 6.10 Å². The third kappa shape index (κ3) is 5.41. The molecule has 1 unspecified atom stereocenters. The third-order valence-electron chi connectivity index (χ3n) is 4.51. The van der Waals surface area contributed by atoms with Gasteiger partial charge >= 0.3 is 0 Å². The molecule has 1 aromatic rings. The molecule has 2 aliphatic heterocycles. The zero-order valence-electron chi connectivity index (χ0n) is 15.4. The molecular weight excluding hydrogens is 372 g/mol. The minimum absolute atomic E-state index is 0.0707. The standard InChI is InChI=1S/C17H24N4O5S/c1-12-17(23)18-14-9-13(3-4-15(14)26-12)10-20-5-7-21(8-6-20)11-16(22)19-27(2,24)25/h3-4,9,12H,5-8,10-11H2,1-2H3,(H,18,23)(H,19,22). The van der Waals surface area contributed by atoms with E-state index in [0.717, 1.165) is 31.5 Å². The van der Waals surface area contributed by atoms with Gasteiger partial charge in [-0.05, 0) is 24.6 Å². The Labute approximate surface area is 158 Å². The summed E-state index contributed by atoms with van der Waals surface area (Å²) in [5.74, 6) is 0.0128. The summed E-state index contributed by atoms with van der Waals surface area (Å²) in [4.78, 5) is 27.6. The first-order chi connectivity index (χ1) is 12.7. The van der Waals surface area contributed by atoms with E-state index in [9.17, 15) is 18.0 Å². The molecule has 0 aliphatic carbocycles. The number of amides is 2. The summed E-state index contributed by atoms with van der Waals surface area (Å²) in [7, 11) is -3.52. The van der Waals surface area contributed by atoms with E-state index in [0.29, 0.717) is 24.5 Å². The molecule has 0 bridgehead atoms. The van der Waals surface area contributed by atoms with E-state index in [4.69, 9.17) is 4.74 Å². The highest BCUT2D eigenvalue weighted by Gasteiger charge is 2.24. The molecule has 27 heavy (non-hydrogen) atoms. The van der Waals surface area contributed by atoms with Crippen molar-refractivity contribution in [3.63, 3.8) is 0 Å². The van der Waals surface area contributed by atoms with Gasteiger partial charge in [-0.3, -0.25) is 24.1 Å². The molecule has 148 valence electrons. The number of piperazine rings is 1. The number of nitrogens with zero attached hydrogens (tertiary/aromatic N) is 2. The molecule has 0 radical (unpaired) electrons.